The Morgan fingerprint density at radius 1 is 1.13 bits per heavy atom. The van der Waals surface area contributed by atoms with Gasteiger partial charge in [0.05, 0.1) is 5.69 Å². The molecular formula is C20H21NO2. The van der Waals surface area contributed by atoms with E-state index in [2.05, 4.69) is 17.1 Å². The number of carbonyl (C=O) groups is 2. The molecule has 1 saturated carbocycles. The van der Waals surface area contributed by atoms with Gasteiger partial charge in [-0.3, -0.25) is 9.59 Å². The van der Waals surface area contributed by atoms with Gasteiger partial charge in [0, 0.05) is 22.7 Å². The van der Waals surface area contributed by atoms with Crippen LogP contribution in [0.15, 0.2) is 24.3 Å². The van der Waals surface area contributed by atoms with E-state index in [0.29, 0.717) is 11.3 Å². The zero-order valence-corrected chi connectivity index (χ0v) is 13.6. The Balaban J connectivity index is 2.07. The van der Waals surface area contributed by atoms with Crippen molar-refractivity contribution in [3.8, 4) is 11.1 Å². The minimum absolute atomic E-state index is 0.0208. The van der Waals surface area contributed by atoms with E-state index in [9.17, 15) is 9.59 Å². The molecule has 0 aliphatic heterocycles. The van der Waals surface area contributed by atoms with Gasteiger partial charge in [0.15, 0.2) is 11.6 Å². The van der Waals surface area contributed by atoms with Gasteiger partial charge in [-0.2, -0.15) is 0 Å². The van der Waals surface area contributed by atoms with Crippen molar-refractivity contribution in [2.45, 2.75) is 45.4 Å². The van der Waals surface area contributed by atoms with Crippen molar-refractivity contribution < 1.29 is 9.59 Å². The molecule has 1 aromatic heterocycles. The second-order valence-electron chi connectivity index (χ2n) is 6.88. The third-order valence-corrected chi connectivity index (χ3v) is 5.52. The Hall–Kier alpha value is -2.16. The summed E-state index contributed by atoms with van der Waals surface area (Å²) in [6.07, 6.45) is 4.30. The molecule has 1 N–H and O–H groups in total. The van der Waals surface area contributed by atoms with Crippen LogP contribution in [0.3, 0.4) is 0 Å². The van der Waals surface area contributed by atoms with Crippen LogP contribution in [0.4, 0.5) is 0 Å². The quantitative estimate of drug-likeness (QED) is 0.779. The monoisotopic (exact) mass is 307 g/mol. The number of Topliss-reactive ketones (excluding diaryl/α,β-unsaturated/α-hetero) is 2. The summed E-state index contributed by atoms with van der Waals surface area (Å²) in [7, 11) is 0. The van der Waals surface area contributed by atoms with Crippen LogP contribution in [0, 0.1) is 12.8 Å². The van der Waals surface area contributed by atoms with E-state index in [0.717, 1.165) is 36.1 Å². The van der Waals surface area contributed by atoms with Gasteiger partial charge in [0.2, 0.25) is 0 Å². The Kier molecular flexibility index (Phi) is 3.26. The molecule has 0 bridgehead atoms. The van der Waals surface area contributed by atoms with E-state index >= 15 is 0 Å². The first-order valence-electron chi connectivity index (χ1n) is 8.46. The number of benzene rings is 1. The molecule has 2 atom stereocenters. The summed E-state index contributed by atoms with van der Waals surface area (Å²) in [5.41, 5.74) is 5.28. The summed E-state index contributed by atoms with van der Waals surface area (Å²) < 4.78 is 0. The Morgan fingerprint density at radius 3 is 2.57 bits per heavy atom. The van der Waals surface area contributed by atoms with Crippen LogP contribution >= 0.6 is 0 Å². The minimum Gasteiger partial charge on any atom is -0.355 e. The fourth-order valence-corrected chi connectivity index (χ4v) is 4.57. The lowest BCUT2D eigenvalue weighted by atomic mass is 9.73. The molecule has 23 heavy (non-hydrogen) atoms. The number of aromatic amines is 1. The number of nitrogens with one attached hydrogen (secondary N) is 1. The largest absolute Gasteiger partial charge is 0.355 e. The number of H-pyrrole nitrogens is 1. The van der Waals surface area contributed by atoms with Gasteiger partial charge in [-0.15, -0.1) is 0 Å². The van der Waals surface area contributed by atoms with Gasteiger partial charge in [-0.1, -0.05) is 37.1 Å². The molecule has 3 nitrogen and oxygen atoms in total. The third kappa shape index (κ3) is 2.03. The molecule has 0 saturated heterocycles. The van der Waals surface area contributed by atoms with E-state index in [-0.39, 0.29) is 23.4 Å². The fourth-order valence-electron chi connectivity index (χ4n) is 4.57. The van der Waals surface area contributed by atoms with Gasteiger partial charge in [-0.25, -0.2) is 0 Å². The summed E-state index contributed by atoms with van der Waals surface area (Å²) in [5, 5.41) is 0. The van der Waals surface area contributed by atoms with Crippen molar-refractivity contribution in [1.82, 2.24) is 4.98 Å². The van der Waals surface area contributed by atoms with Crippen LogP contribution in [0.1, 0.15) is 70.6 Å². The van der Waals surface area contributed by atoms with Gasteiger partial charge in [0.25, 0.3) is 0 Å². The molecule has 2 aliphatic rings. The highest BCUT2D eigenvalue weighted by Gasteiger charge is 2.40. The van der Waals surface area contributed by atoms with E-state index in [4.69, 9.17) is 0 Å². The van der Waals surface area contributed by atoms with Crippen LogP contribution in [0.25, 0.3) is 11.1 Å². The summed E-state index contributed by atoms with van der Waals surface area (Å²) in [6, 6.07) is 8.26. The van der Waals surface area contributed by atoms with Crippen molar-refractivity contribution in [2.24, 2.45) is 5.92 Å². The van der Waals surface area contributed by atoms with E-state index < -0.39 is 0 Å². The predicted octanol–water partition coefficient (Wildman–Crippen LogP) is 4.66. The molecule has 1 aromatic carbocycles. The second kappa shape index (κ2) is 5.19. The third-order valence-electron chi connectivity index (χ3n) is 5.52. The molecule has 118 valence electrons. The van der Waals surface area contributed by atoms with Crippen molar-refractivity contribution in [3.63, 3.8) is 0 Å². The Morgan fingerprint density at radius 2 is 1.83 bits per heavy atom. The van der Waals surface area contributed by atoms with Gasteiger partial charge in [-0.05, 0) is 43.7 Å². The van der Waals surface area contributed by atoms with Crippen molar-refractivity contribution >= 4 is 11.6 Å². The van der Waals surface area contributed by atoms with Crippen LogP contribution in [-0.2, 0) is 0 Å². The van der Waals surface area contributed by atoms with E-state index in [1.54, 1.807) is 6.92 Å². The average Bonchev–Trinajstić information content (AvgIpc) is 2.87. The zero-order chi connectivity index (χ0) is 16.1. The molecular weight excluding hydrogens is 286 g/mol. The highest BCUT2D eigenvalue weighted by molar-refractivity contribution is 6.12. The summed E-state index contributed by atoms with van der Waals surface area (Å²) >= 11 is 0. The van der Waals surface area contributed by atoms with Crippen molar-refractivity contribution in [2.75, 3.05) is 0 Å². The number of rotatable bonds is 1. The topological polar surface area (TPSA) is 49.9 Å². The van der Waals surface area contributed by atoms with Crippen molar-refractivity contribution in [1.29, 1.82) is 0 Å². The van der Waals surface area contributed by atoms with Gasteiger partial charge < -0.3 is 4.98 Å². The predicted molar refractivity (Wildman–Crippen MR) is 90.0 cm³/mol. The number of ketones is 2. The maximum absolute atomic E-state index is 13.2. The number of aryl methyl sites for hydroxylation is 1. The van der Waals surface area contributed by atoms with E-state index in [1.807, 2.05) is 19.1 Å². The number of hydrogen-bond donors (Lipinski definition) is 1. The SMILES string of the molecule is CC(=O)c1c(C)[nH]c2c1-c1ccccc1[C@H]1CCCC[C@@H]1C2=O. The summed E-state index contributed by atoms with van der Waals surface area (Å²) in [6.45, 7) is 3.47. The first-order chi connectivity index (χ1) is 11.1. The maximum atomic E-state index is 13.2. The first kappa shape index (κ1) is 14.4. The smallest absolute Gasteiger partial charge is 0.183 e. The molecule has 0 radical (unpaired) electrons. The zero-order valence-electron chi connectivity index (χ0n) is 13.6. The maximum Gasteiger partial charge on any atom is 0.183 e. The van der Waals surface area contributed by atoms with Crippen molar-refractivity contribution in [3.05, 3.63) is 46.8 Å². The summed E-state index contributed by atoms with van der Waals surface area (Å²) in [4.78, 5) is 28.6. The molecule has 0 amide bonds. The number of carbonyl (C=O) groups excluding carboxylic acids is 2. The lowest BCUT2D eigenvalue weighted by Gasteiger charge is -2.30. The van der Waals surface area contributed by atoms with Gasteiger partial charge >= 0.3 is 0 Å². The highest BCUT2D eigenvalue weighted by atomic mass is 16.1. The lowest BCUT2D eigenvalue weighted by molar-refractivity contribution is 0.0866. The summed E-state index contributed by atoms with van der Waals surface area (Å²) in [5.74, 6) is 0.543. The molecule has 0 spiro atoms. The lowest BCUT2D eigenvalue weighted by Crippen LogP contribution is -2.25. The highest BCUT2D eigenvalue weighted by Crippen LogP contribution is 2.48. The van der Waals surface area contributed by atoms with E-state index in [1.165, 1.54) is 12.0 Å². The Bertz CT molecular complexity index is 815. The number of hydrogen-bond acceptors (Lipinski definition) is 2. The molecule has 2 aromatic rings. The molecule has 1 heterocycles. The first-order valence-corrected chi connectivity index (χ1v) is 8.46. The molecule has 1 fully saturated rings. The van der Waals surface area contributed by atoms with Crippen LogP contribution in [0.5, 0.6) is 0 Å². The fraction of sp³-hybridized carbons (Fsp3) is 0.400. The van der Waals surface area contributed by atoms with Crippen LogP contribution < -0.4 is 0 Å². The molecule has 2 aliphatic carbocycles. The number of fused-ring (bicyclic) bond motifs is 5. The van der Waals surface area contributed by atoms with Crippen LogP contribution in [-0.4, -0.2) is 16.6 Å². The van der Waals surface area contributed by atoms with Gasteiger partial charge in [0.1, 0.15) is 0 Å². The molecule has 4 rings (SSSR count). The number of aromatic nitrogens is 1. The normalized spacial score (nSPS) is 22.8. The molecule has 0 unspecified atom stereocenters. The standard InChI is InChI=1S/C20H21NO2/c1-11-17(12(2)22)18-15-9-5-3-7-13(15)14-8-4-6-10-16(14)20(23)19(18)21-11/h3,5,7,9,14,16,21H,4,6,8,10H2,1-2H3/t14-,16+/m1/s1. The minimum atomic E-state index is 0.0208. The molecule has 3 heteroatoms. The Labute approximate surface area is 136 Å². The average molecular weight is 307 g/mol. The van der Waals surface area contributed by atoms with Crippen LogP contribution in [0.2, 0.25) is 0 Å². The second-order valence-corrected chi connectivity index (χ2v) is 6.88.